The van der Waals surface area contributed by atoms with Gasteiger partial charge in [0.2, 0.25) is 0 Å². The Morgan fingerprint density at radius 3 is 2.43 bits per heavy atom. The van der Waals surface area contributed by atoms with Gasteiger partial charge in [-0.15, -0.1) is 0 Å². The van der Waals surface area contributed by atoms with Crippen molar-refractivity contribution in [1.82, 2.24) is 5.32 Å². The summed E-state index contributed by atoms with van der Waals surface area (Å²) < 4.78 is 18.7. The van der Waals surface area contributed by atoms with Crippen molar-refractivity contribution in [1.29, 1.82) is 0 Å². The van der Waals surface area contributed by atoms with Crippen molar-refractivity contribution < 1.29 is 13.9 Å². The Morgan fingerprint density at radius 2 is 1.78 bits per heavy atom. The molecule has 1 N–H and O–H groups in total. The van der Waals surface area contributed by atoms with E-state index >= 15 is 0 Å². The van der Waals surface area contributed by atoms with Gasteiger partial charge in [0.1, 0.15) is 11.6 Å². The summed E-state index contributed by atoms with van der Waals surface area (Å²) in [6.07, 6.45) is 0.238. The number of halogens is 1. The first-order chi connectivity index (χ1) is 11.0. The average molecular weight is 315 g/mol. The smallest absolute Gasteiger partial charge is 0.261 e. The molecule has 0 saturated carbocycles. The molecule has 2 atom stereocenters. The minimum atomic E-state index is -0.606. The molecule has 4 heteroatoms. The van der Waals surface area contributed by atoms with E-state index in [1.807, 2.05) is 38.1 Å². The summed E-state index contributed by atoms with van der Waals surface area (Å²) in [7, 11) is 0. The van der Waals surface area contributed by atoms with E-state index in [1.54, 1.807) is 19.1 Å². The molecule has 0 unspecified atom stereocenters. The Bertz CT molecular complexity index is 655. The van der Waals surface area contributed by atoms with Gasteiger partial charge in [-0.05, 0) is 49.6 Å². The molecular formula is C19H22FNO2. The fraction of sp³-hybridized carbons (Fsp3) is 0.316. The molecule has 2 rings (SSSR count). The average Bonchev–Trinajstić information content (AvgIpc) is 2.55. The van der Waals surface area contributed by atoms with E-state index in [0.717, 1.165) is 23.3 Å². The fourth-order valence-corrected chi connectivity index (χ4v) is 2.32. The number of carbonyl (C=O) groups is 1. The maximum absolute atomic E-state index is 12.9. The number of amides is 1. The van der Waals surface area contributed by atoms with Crippen LogP contribution >= 0.6 is 0 Å². The van der Waals surface area contributed by atoms with Crippen LogP contribution in [0.15, 0.2) is 48.5 Å². The van der Waals surface area contributed by atoms with Crippen molar-refractivity contribution in [3.05, 3.63) is 65.5 Å². The first kappa shape index (κ1) is 17.0. The van der Waals surface area contributed by atoms with Crippen molar-refractivity contribution in [3.8, 4) is 5.75 Å². The van der Waals surface area contributed by atoms with E-state index in [9.17, 15) is 9.18 Å². The second kappa shape index (κ2) is 7.77. The second-order valence-corrected chi connectivity index (χ2v) is 5.50. The van der Waals surface area contributed by atoms with Gasteiger partial charge < -0.3 is 10.1 Å². The summed E-state index contributed by atoms with van der Waals surface area (Å²) >= 11 is 0. The molecule has 0 saturated heterocycles. The van der Waals surface area contributed by atoms with Crippen LogP contribution in [0.2, 0.25) is 0 Å². The molecule has 23 heavy (non-hydrogen) atoms. The van der Waals surface area contributed by atoms with Crippen molar-refractivity contribution in [2.24, 2.45) is 0 Å². The highest BCUT2D eigenvalue weighted by atomic mass is 19.1. The van der Waals surface area contributed by atoms with E-state index in [2.05, 4.69) is 5.32 Å². The van der Waals surface area contributed by atoms with E-state index in [1.165, 1.54) is 12.1 Å². The topological polar surface area (TPSA) is 38.3 Å². The second-order valence-electron chi connectivity index (χ2n) is 5.50. The van der Waals surface area contributed by atoms with E-state index in [4.69, 9.17) is 4.74 Å². The molecule has 0 bridgehead atoms. The van der Waals surface area contributed by atoms with Gasteiger partial charge in [0.25, 0.3) is 5.91 Å². The summed E-state index contributed by atoms with van der Waals surface area (Å²) in [6, 6.07) is 13.6. The molecule has 0 fully saturated rings. The highest BCUT2D eigenvalue weighted by Crippen LogP contribution is 2.20. The van der Waals surface area contributed by atoms with Crippen LogP contribution in [0.4, 0.5) is 4.39 Å². The molecule has 0 radical (unpaired) electrons. The normalized spacial score (nSPS) is 13.2. The number of hydrogen-bond acceptors (Lipinski definition) is 2. The number of rotatable bonds is 6. The number of ether oxygens (including phenoxy) is 1. The van der Waals surface area contributed by atoms with Crippen LogP contribution in [0.25, 0.3) is 0 Å². The van der Waals surface area contributed by atoms with Gasteiger partial charge in [-0.2, -0.15) is 0 Å². The third kappa shape index (κ3) is 4.55. The van der Waals surface area contributed by atoms with Crippen molar-refractivity contribution in [2.75, 3.05) is 0 Å². The Balaban J connectivity index is 1.98. The van der Waals surface area contributed by atoms with Crippen LogP contribution in [-0.2, 0) is 11.2 Å². The van der Waals surface area contributed by atoms with Gasteiger partial charge in [0.15, 0.2) is 6.10 Å². The molecule has 1 amide bonds. The number of nitrogens with one attached hydrogen (secondary N) is 1. The lowest BCUT2D eigenvalue weighted by atomic mass is 10.1. The predicted octanol–water partition coefficient (Wildman–Crippen LogP) is 4.03. The van der Waals surface area contributed by atoms with Crippen LogP contribution in [-0.4, -0.2) is 12.0 Å². The van der Waals surface area contributed by atoms with Crippen molar-refractivity contribution in [2.45, 2.75) is 39.3 Å². The predicted molar refractivity (Wildman–Crippen MR) is 88.9 cm³/mol. The molecule has 0 aliphatic heterocycles. The van der Waals surface area contributed by atoms with E-state index in [-0.39, 0.29) is 17.8 Å². The van der Waals surface area contributed by atoms with Crippen LogP contribution in [0.1, 0.15) is 37.9 Å². The van der Waals surface area contributed by atoms with Crippen LogP contribution in [0.5, 0.6) is 5.75 Å². The monoisotopic (exact) mass is 315 g/mol. The summed E-state index contributed by atoms with van der Waals surface area (Å²) in [5.74, 6) is 0.236. The lowest BCUT2D eigenvalue weighted by molar-refractivity contribution is -0.127. The molecule has 122 valence electrons. The zero-order valence-corrected chi connectivity index (χ0v) is 13.7. The summed E-state index contributed by atoms with van der Waals surface area (Å²) in [6.45, 7) is 5.63. The minimum Gasteiger partial charge on any atom is -0.481 e. The maximum atomic E-state index is 12.9. The standard InChI is InChI=1S/C19H22FNO2/c1-4-15-7-5-6-8-18(15)23-14(3)19(22)21-13(2)16-9-11-17(20)12-10-16/h5-14H,4H2,1-3H3,(H,21,22)/t13-,14+/m0/s1. The first-order valence-electron chi connectivity index (χ1n) is 7.81. The van der Waals surface area contributed by atoms with Crippen LogP contribution in [0.3, 0.4) is 0 Å². The first-order valence-corrected chi connectivity index (χ1v) is 7.81. The lowest BCUT2D eigenvalue weighted by Crippen LogP contribution is -2.37. The van der Waals surface area contributed by atoms with Gasteiger partial charge in [0.05, 0.1) is 6.04 Å². The van der Waals surface area contributed by atoms with Gasteiger partial charge in [-0.25, -0.2) is 4.39 Å². The summed E-state index contributed by atoms with van der Waals surface area (Å²) in [5.41, 5.74) is 1.92. The van der Waals surface area contributed by atoms with Gasteiger partial charge >= 0.3 is 0 Å². The molecule has 0 spiro atoms. The highest BCUT2D eigenvalue weighted by molar-refractivity contribution is 5.81. The quantitative estimate of drug-likeness (QED) is 0.874. The molecule has 3 nitrogen and oxygen atoms in total. The van der Waals surface area contributed by atoms with Crippen LogP contribution in [0, 0.1) is 5.82 Å². The summed E-state index contributed by atoms with van der Waals surface area (Å²) in [5, 5.41) is 2.89. The fourth-order valence-electron chi connectivity index (χ4n) is 2.32. The number of aryl methyl sites for hydroxylation is 1. The van der Waals surface area contributed by atoms with Crippen LogP contribution < -0.4 is 10.1 Å². The molecule has 2 aromatic rings. The maximum Gasteiger partial charge on any atom is 0.261 e. The van der Waals surface area contributed by atoms with Gasteiger partial charge in [-0.1, -0.05) is 37.3 Å². The van der Waals surface area contributed by atoms with Gasteiger partial charge in [-0.3, -0.25) is 4.79 Å². The summed E-state index contributed by atoms with van der Waals surface area (Å²) in [4.78, 5) is 12.3. The van der Waals surface area contributed by atoms with E-state index in [0.29, 0.717) is 0 Å². The van der Waals surface area contributed by atoms with Crippen molar-refractivity contribution in [3.63, 3.8) is 0 Å². The third-order valence-corrected chi connectivity index (χ3v) is 3.76. The molecular weight excluding hydrogens is 293 g/mol. The largest absolute Gasteiger partial charge is 0.481 e. The highest BCUT2D eigenvalue weighted by Gasteiger charge is 2.18. The zero-order chi connectivity index (χ0) is 16.8. The lowest BCUT2D eigenvalue weighted by Gasteiger charge is -2.20. The minimum absolute atomic E-state index is 0.201. The molecule has 0 aliphatic rings. The number of carbonyl (C=O) groups excluding carboxylic acids is 1. The SMILES string of the molecule is CCc1ccccc1O[C@H](C)C(=O)N[C@@H](C)c1ccc(F)cc1. The van der Waals surface area contributed by atoms with E-state index < -0.39 is 6.10 Å². The van der Waals surface area contributed by atoms with Crippen molar-refractivity contribution >= 4 is 5.91 Å². The molecule has 2 aromatic carbocycles. The van der Waals surface area contributed by atoms with Gasteiger partial charge in [0, 0.05) is 0 Å². The zero-order valence-electron chi connectivity index (χ0n) is 13.7. The third-order valence-electron chi connectivity index (χ3n) is 3.76. The molecule has 0 aromatic heterocycles. The number of hydrogen-bond donors (Lipinski definition) is 1. The Morgan fingerprint density at radius 1 is 1.13 bits per heavy atom. The Labute approximate surface area is 136 Å². The number of benzene rings is 2. The number of para-hydroxylation sites is 1. The molecule has 0 heterocycles. The molecule has 0 aliphatic carbocycles. The Kier molecular flexibility index (Phi) is 5.74. The Hall–Kier alpha value is -2.36.